The number of carbonyl (C=O) groups excluding carboxylic acids is 1. The van der Waals surface area contributed by atoms with E-state index in [9.17, 15) is 13.2 Å². The highest BCUT2D eigenvalue weighted by molar-refractivity contribution is 7.89. The van der Waals surface area contributed by atoms with E-state index in [1.165, 1.54) is 65.8 Å². The maximum Gasteiger partial charge on any atom is 0.246 e. The van der Waals surface area contributed by atoms with Crippen molar-refractivity contribution in [2.75, 3.05) is 26.5 Å². The number of amides is 1. The highest BCUT2D eigenvalue weighted by Crippen LogP contribution is 2.61. The lowest BCUT2D eigenvalue weighted by Crippen LogP contribution is -2.47. The molecule has 28 heavy (non-hydrogen) atoms. The van der Waals surface area contributed by atoms with Crippen molar-refractivity contribution in [3.8, 4) is 5.75 Å². The zero-order valence-corrected chi connectivity index (χ0v) is 17.7. The maximum atomic E-state index is 12.8. The van der Waals surface area contributed by atoms with E-state index < -0.39 is 10.0 Å². The summed E-state index contributed by atoms with van der Waals surface area (Å²) in [7, 11) is 0.734. The molecule has 4 fully saturated rings. The van der Waals surface area contributed by atoms with Crippen molar-refractivity contribution in [1.29, 1.82) is 0 Å². The van der Waals surface area contributed by atoms with E-state index in [2.05, 4.69) is 5.32 Å². The van der Waals surface area contributed by atoms with Gasteiger partial charge in [-0.1, -0.05) is 0 Å². The highest BCUT2D eigenvalue weighted by atomic mass is 32.2. The van der Waals surface area contributed by atoms with E-state index in [0.717, 1.165) is 22.1 Å². The van der Waals surface area contributed by atoms with Gasteiger partial charge in [-0.15, -0.1) is 0 Å². The topological polar surface area (TPSA) is 75.7 Å². The van der Waals surface area contributed by atoms with Gasteiger partial charge in [0.25, 0.3) is 0 Å². The quantitative estimate of drug-likeness (QED) is 0.785. The molecule has 0 radical (unpaired) electrons. The molecule has 0 aromatic heterocycles. The van der Waals surface area contributed by atoms with Gasteiger partial charge in [-0.05, 0) is 79.9 Å². The maximum absolute atomic E-state index is 12.8. The normalized spacial score (nSPS) is 31.2. The number of anilines is 1. The summed E-state index contributed by atoms with van der Waals surface area (Å²) in [6.07, 6.45) is 8.12. The third-order valence-corrected chi connectivity index (χ3v) is 8.74. The molecule has 0 unspecified atom stereocenters. The zero-order chi connectivity index (χ0) is 20.1. The Bertz CT molecular complexity index is 843. The van der Waals surface area contributed by atoms with Crippen LogP contribution in [-0.2, 0) is 14.8 Å². The van der Waals surface area contributed by atoms with Crippen LogP contribution in [0.4, 0.5) is 5.69 Å². The van der Waals surface area contributed by atoms with E-state index in [-0.39, 0.29) is 22.0 Å². The number of hydrogen-bond donors (Lipinski definition) is 1. The molecule has 6 nitrogen and oxygen atoms in total. The van der Waals surface area contributed by atoms with Crippen molar-refractivity contribution in [3.05, 3.63) is 18.2 Å². The molecular weight excluding hydrogens is 376 g/mol. The van der Waals surface area contributed by atoms with Crippen LogP contribution in [0.1, 0.15) is 44.9 Å². The van der Waals surface area contributed by atoms with Crippen LogP contribution in [0.2, 0.25) is 0 Å². The summed E-state index contributed by atoms with van der Waals surface area (Å²) in [6.45, 7) is 0. The molecule has 0 heterocycles. The van der Waals surface area contributed by atoms with E-state index >= 15 is 0 Å². The second kappa shape index (κ2) is 7.02. The minimum atomic E-state index is -3.66. The Hall–Kier alpha value is -1.60. The summed E-state index contributed by atoms with van der Waals surface area (Å²) in [5.74, 6) is 2.67. The first-order chi connectivity index (χ1) is 13.2. The first-order valence-corrected chi connectivity index (χ1v) is 11.6. The predicted molar refractivity (Wildman–Crippen MR) is 108 cm³/mol. The minimum absolute atomic E-state index is 0.0136. The fourth-order valence-corrected chi connectivity index (χ4v) is 7.28. The molecule has 0 atom stereocenters. The first kappa shape index (κ1) is 19.7. The standard InChI is InChI=1S/C21H30N2O4S/c1-23(2)28(25,26)19-9-17(4-5-18(19)27-3)22-20(24)13-21-10-14-6-15(11-21)8-16(7-14)12-21/h4-5,9,14-16H,6-8,10-13H2,1-3H3,(H,22,24). The number of nitrogens with one attached hydrogen (secondary N) is 1. The number of carbonyl (C=O) groups is 1. The third kappa shape index (κ3) is 3.54. The van der Waals surface area contributed by atoms with Crippen molar-refractivity contribution >= 4 is 21.6 Å². The van der Waals surface area contributed by atoms with Gasteiger partial charge in [-0.25, -0.2) is 12.7 Å². The average Bonchev–Trinajstić information content (AvgIpc) is 2.59. The SMILES string of the molecule is COc1ccc(NC(=O)CC23CC4CC(CC(C4)C2)C3)cc1S(=O)(=O)N(C)C. The number of ether oxygens (including phenoxy) is 1. The second-order valence-corrected chi connectivity index (χ2v) is 11.4. The van der Waals surface area contributed by atoms with Crippen LogP contribution in [0.25, 0.3) is 0 Å². The smallest absolute Gasteiger partial charge is 0.246 e. The van der Waals surface area contributed by atoms with Gasteiger partial charge in [-0.2, -0.15) is 0 Å². The monoisotopic (exact) mass is 406 g/mol. The van der Waals surface area contributed by atoms with Crippen LogP contribution in [0, 0.1) is 23.2 Å². The Morgan fingerprint density at radius 2 is 1.71 bits per heavy atom. The molecule has 1 aromatic rings. The molecular formula is C21H30N2O4S. The molecule has 0 saturated heterocycles. The molecule has 1 N–H and O–H groups in total. The fraction of sp³-hybridized carbons (Fsp3) is 0.667. The lowest BCUT2D eigenvalue weighted by atomic mass is 9.49. The van der Waals surface area contributed by atoms with Gasteiger partial charge in [0.15, 0.2) is 0 Å². The van der Waals surface area contributed by atoms with Crippen molar-refractivity contribution < 1.29 is 17.9 Å². The van der Waals surface area contributed by atoms with Gasteiger partial charge in [0.2, 0.25) is 15.9 Å². The fourth-order valence-electron chi connectivity index (χ4n) is 6.21. The molecule has 0 aliphatic heterocycles. The molecule has 154 valence electrons. The third-order valence-electron chi connectivity index (χ3n) is 6.91. The van der Waals surface area contributed by atoms with E-state index in [1.807, 2.05) is 0 Å². The summed E-state index contributed by atoms with van der Waals surface area (Å²) in [6, 6.07) is 4.79. The largest absolute Gasteiger partial charge is 0.495 e. The van der Waals surface area contributed by atoms with Gasteiger partial charge in [0, 0.05) is 26.2 Å². The van der Waals surface area contributed by atoms with Crippen LogP contribution < -0.4 is 10.1 Å². The Balaban J connectivity index is 1.51. The Kier molecular flexibility index (Phi) is 4.94. The molecule has 5 rings (SSSR count). The van der Waals surface area contributed by atoms with E-state index in [1.54, 1.807) is 12.1 Å². The number of hydrogen-bond acceptors (Lipinski definition) is 4. The molecule has 0 spiro atoms. The van der Waals surface area contributed by atoms with Crippen LogP contribution in [0.15, 0.2) is 23.1 Å². The summed E-state index contributed by atoms with van der Waals surface area (Å²) in [4.78, 5) is 12.9. The minimum Gasteiger partial charge on any atom is -0.495 e. The molecule has 4 aliphatic rings. The second-order valence-electron chi connectivity index (χ2n) is 9.30. The van der Waals surface area contributed by atoms with Crippen LogP contribution in [0.3, 0.4) is 0 Å². The summed E-state index contributed by atoms with van der Waals surface area (Å²) < 4.78 is 31.5. The van der Waals surface area contributed by atoms with E-state index in [4.69, 9.17) is 4.74 Å². The lowest BCUT2D eigenvalue weighted by molar-refractivity contribution is -0.124. The van der Waals surface area contributed by atoms with Gasteiger partial charge < -0.3 is 10.1 Å². The molecule has 1 amide bonds. The molecule has 4 aliphatic carbocycles. The Morgan fingerprint density at radius 1 is 1.14 bits per heavy atom. The van der Waals surface area contributed by atoms with Gasteiger partial charge >= 0.3 is 0 Å². The number of benzene rings is 1. The molecule has 4 bridgehead atoms. The van der Waals surface area contributed by atoms with Gasteiger partial charge in [0.05, 0.1) is 7.11 Å². The number of nitrogens with zero attached hydrogens (tertiary/aromatic N) is 1. The summed E-state index contributed by atoms with van der Waals surface area (Å²) in [5.41, 5.74) is 0.653. The highest BCUT2D eigenvalue weighted by Gasteiger charge is 2.51. The van der Waals surface area contributed by atoms with Crippen molar-refractivity contribution in [3.63, 3.8) is 0 Å². The predicted octanol–water partition coefficient (Wildman–Crippen LogP) is 3.49. The number of rotatable bonds is 6. The molecule has 1 aromatic carbocycles. The van der Waals surface area contributed by atoms with Crippen molar-refractivity contribution in [2.24, 2.45) is 23.2 Å². The van der Waals surface area contributed by atoms with Gasteiger partial charge in [-0.3, -0.25) is 4.79 Å². The summed E-state index contributed by atoms with van der Waals surface area (Å²) >= 11 is 0. The lowest BCUT2D eigenvalue weighted by Gasteiger charge is -2.56. The van der Waals surface area contributed by atoms with Crippen molar-refractivity contribution in [2.45, 2.75) is 49.8 Å². The van der Waals surface area contributed by atoms with Gasteiger partial charge in [0.1, 0.15) is 10.6 Å². The number of methoxy groups -OCH3 is 1. The average molecular weight is 407 g/mol. The number of sulfonamides is 1. The molecule has 7 heteroatoms. The Labute approximate surface area is 167 Å². The summed E-state index contributed by atoms with van der Waals surface area (Å²) in [5, 5.41) is 2.94. The first-order valence-electron chi connectivity index (χ1n) is 10.1. The molecule has 4 saturated carbocycles. The van der Waals surface area contributed by atoms with E-state index in [0.29, 0.717) is 12.1 Å². The van der Waals surface area contributed by atoms with Crippen LogP contribution in [-0.4, -0.2) is 39.8 Å². The zero-order valence-electron chi connectivity index (χ0n) is 16.9. The van der Waals surface area contributed by atoms with Crippen molar-refractivity contribution in [1.82, 2.24) is 4.31 Å². The van der Waals surface area contributed by atoms with Crippen LogP contribution >= 0.6 is 0 Å². The Morgan fingerprint density at radius 3 is 2.21 bits per heavy atom. The van der Waals surface area contributed by atoms with Crippen LogP contribution in [0.5, 0.6) is 5.75 Å².